The minimum atomic E-state index is -0.528. The van der Waals surface area contributed by atoms with E-state index in [0.717, 1.165) is 28.8 Å². The molecular formula is C26H30N6O3. The Morgan fingerprint density at radius 1 is 1.20 bits per heavy atom. The normalized spacial score (nSPS) is 16.2. The van der Waals surface area contributed by atoms with E-state index < -0.39 is 5.60 Å². The average Bonchev–Trinajstić information content (AvgIpc) is 3.44. The van der Waals surface area contributed by atoms with Crippen LogP contribution in [0.5, 0.6) is 0 Å². The van der Waals surface area contributed by atoms with Gasteiger partial charge in [-0.05, 0) is 45.4 Å². The van der Waals surface area contributed by atoms with Crippen molar-refractivity contribution in [1.29, 1.82) is 0 Å². The fraction of sp³-hybridized carbons (Fsp3) is 0.385. The molecule has 0 bridgehead atoms. The molecule has 182 valence electrons. The highest BCUT2D eigenvalue weighted by atomic mass is 16.6. The Morgan fingerprint density at radius 2 is 2.06 bits per heavy atom. The van der Waals surface area contributed by atoms with Crippen molar-refractivity contribution < 1.29 is 9.53 Å². The number of nitrogens with zero attached hydrogens (tertiary/aromatic N) is 5. The van der Waals surface area contributed by atoms with Gasteiger partial charge < -0.3 is 19.4 Å². The molecule has 9 heteroatoms. The van der Waals surface area contributed by atoms with Gasteiger partial charge in [0, 0.05) is 49.0 Å². The zero-order chi connectivity index (χ0) is 24.6. The van der Waals surface area contributed by atoms with Crippen LogP contribution in [0.3, 0.4) is 0 Å². The molecule has 0 saturated carbocycles. The zero-order valence-corrected chi connectivity index (χ0v) is 20.3. The quantitative estimate of drug-likeness (QED) is 0.474. The minimum absolute atomic E-state index is 0.0344. The van der Waals surface area contributed by atoms with E-state index in [-0.39, 0.29) is 17.7 Å². The van der Waals surface area contributed by atoms with Gasteiger partial charge in [0.25, 0.3) is 5.56 Å². The van der Waals surface area contributed by atoms with Crippen LogP contribution in [0.4, 0.5) is 10.5 Å². The number of likely N-dealkylation sites (tertiary alicyclic amines) is 1. The lowest BCUT2D eigenvalue weighted by Gasteiger charge is -2.24. The van der Waals surface area contributed by atoms with Gasteiger partial charge >= 0.3 is 6.09 Å². The summed E-state index contributed by atoms with van der Waals surface area (Å²) in [7, 11) is 0. The first-order valence-electron chi connectivity index (χ1n) is 11.9. The Kier molecular flexibility index (Phi) is 5.92. The Bertz CT molecular complexity index is 1400. The molecule has 4 heterocycles. The second kappa shape index (κ2) is 9.05. The van der Waals surface area contributed by atoms with Crippen LogP contribution < -0.4 is 10.9 Å². The molecule has 9 nitrogen and oxygen atoms in total. The van der Waals surface area contributed by atoms with E-state index in [0.29, 0.717) is 31.4 Å². The highest BCUT2D eigenvalue weighted by Crippen LogP contribution is 2.23. The average molecular weight is 475 g/mol. The summed E-state index contributed by atoms with van der Waals surface area (Å²) in [5.41, 5.74) is 1.87. The summed E-state index contributed by atoms with van der Waals surface area (Å²) in [5, 5.41) is 9.26. The predicted molar refractivity (Wildman–Crippen MR) is 135 cm³/mol. The van der Waals surface area contributed by atoms with E-state index in [1.165, 1.54) is 4.68 Å². The largest absolute Gasteiger partial charge is 0.444 e. The number of hydrogen-bond donors (Lipinski definition) is 1. The maximum atomic E-state index is 13.4. The predicted octanol–water partition coefficient (Wildman–Crippen LogP) is 3.71. The number of ether oxygens (including phenoxy) is 1. The van der Waals surface area contributed by atoms with Crippen molar-refractivity contribution in [2.75, 3.05) is 18.4 Å². The summed E-state index contributed by atoms with van der Waals surface area (Å²) in [4.78, 5) is 32.1. The second-order valence-corrected chi connectivity index (χ2v) is 9.95. The molecule has 1 aliphatic rings. The third-order valence-electron chi connectivity index (χ3n) is 6.07. The number of imidazole rings is 1. The topological polar surface area (TPSA) is 93.8 Å². The molecule has 0 unspecified atom stereocenters. The summed E-state index contributed by atoms with van der Waals surface area (Å²) in [6.45, 7) is 7.16. The van der Waals surface area contributed by atoms with Crippen LogP contribution in [-0.2, 0) is 17.7 Å². The third-order valence-corrected chi connectivity index (χ3v) is 6.07. The molecule has 1 saturated heterocycles. The van der Waals surface area contributed by atoms with Gasteiger partial charge in [0.2, 0.25) is 0 Å². The molecule has 1 atom stereocenters. The Labute approximate surface area is 203 Å². The van der Waals surface area contributed by atoms with Crippen molar-refractivity contribution in [2.45, 2.75) is 51.8 Å². The van der Waals surface area contributed by atoms with E-state index in [1.54, 1.807) is 11.1 Å². The number of carbonyl (C=O) groups excluding carboxylic acids is 1. The fourth-order valence-corrected chi connectivity index (χ4v) is 4.43. The van der Waals surface area contributed by atoms with Gasteiger partial charge in [-0.15, -0.1) is 0 Å². The van der Waals surface area contributed by atoms with E-state index in [9.17, 15) is 9.59 Å². The molecule has 4 aromatic rings. The van der Waals surface area contributed by atoms with E-state index in [1.807, 2.05) is 74.0 Å². The summed E-state index contributed by atoms with van der Waals surface area (Å²) >= 11 is 0. The highest BCUT2D eigenvalue weighted by Gasteiger charge is 2.30. The van der Waals surface area contributed by atoms with Crippen LogP contribution in [0.1, 0.15) is 32.9 Å². The molecular weight excluding hydrogens is 444 g/mol. The van der Waals surface area contributed by atoms with Crippen LogP contribution in [0.25, 0.3) is 16.4 Å². The number of hydrogen-bond acceptors (Lipinski definition) is 6. The summed E-state index contributed by atoms with van der Waals surface area (Å²) in [6, 6.07) is 11.6. The first-order chi connectivity index (χ1) is 16.8. The first kappa shape index (κ1) is 22.9. The van der Waals surface area contributed by atoms with Gasteiger partial charge in [-0.1, -0.05) is 18.2 Å². The van der Waals surface area contributed by atoms with Crippen LogP contribution in [-0.4, -0.2) is 54.9 Å². The molecule has 1 fully saturated rings. The summed E-state index contributed by atoms with van der Waals surface area (Å²) < 4.78 is 8.97. The van der Waals surface area contributed by atoms with E-state index in [2.05, 4.69) is 15.4 Å². The van der Waals surface area contributed by atoms with Crippen molar-refractivity contribution in [3.63, 3.8) is 0 Å². The maximum Gasteiger partial charge on any atom is 0.410 e. The zero-order valence-electron chi connectivity index (χ0n) is 20.3. The molecule has 0 spiro atoms. The lowest BCUT2D eigenvalue weighted by Crippen LogP contribution is -2.36. The van der Waals surface area contributed by atoms with Gasteiger partial charge in [0.1, 0.15) is 11.2 Å². The first-order valence-corrected chi connectivity index (χ1v) is 11.9. The molecule has 5 rings (SSSR count). The Morgan fingerprint density at radius 3 is 2.86 bits per heavy atom. The monoisotopic (exact) mass is 474 g/mol. The number of carbonyl (C=O) groups is 1. The molecule has 1 aliphatic heterocycles. The van der Waals surface area contributed by atoms with Crippen LogP contribution in [0.2, 0.25) is 0 Å². The van der Waals surface area contributed by atoms with Gasteiger partial charge in [0.05, 0.1) is 23.8 Å². The lowest BCUT2D eigenvalue weighted by atomic mass is 10.1. The maximum absolute atomic E-state index is 13.4. The molecule has 35 heavy (non-hydrogen) atoms. The van der Waals surface area contributed by atoms with Gasteiger partial charge in [-0.3, -0.25) is 4.79 Å². The number of anilines is 1. The number of aryl methyl sites for hydroxylation is 2. The standard InChI is InChI=1S/C26H30N6O3/c1-26(2,3)35-25(34)31-13-10-19(17-31)28-21-8-6-7-18-15-27-32(24(33)23(18)21)14-11-20-16-30-12-5-4-9-22(30)29-20/h4-9,12,15-16,19,28H,10-11,13-14,17H2,1-3H3/t19-/m1/s1. The van der Waals surface area contributed by atoms with Crippen molar-refractivity contribution in [3.8, 4) is 0 Å². The van der Waals surface area contributed by atoms with Crippen LogP contribution in [0, 0.1) is 0 Å². The highest BCUT2D eigenvalue weighted by molar-refractivity contribution is 5.92. The van der Waals surface area contributed by atoms with Gasteiger partial charge in [0.15, 0.2) is 0 Å². The number of amides is 1. The molecule has 0 aliphatic carbocycles. The van der Waals surface area contributed by atoms with Crippen LogP contribution >= 0.6 is 0 Å². The lowest BCUT2D eigenvalue weighted by molar-refractivity contribution is 0.0293. The number of fused-ring (bicyclic) bond motifs is 2. The Hall–Kier alpha value is -3.88. The van der Waals surface area contributed by atoms with Crippen LogP contribution in [0.15, 0.2) is 59.8 Å². The fourth-order valence-electron chi connectivity index (χ4n) is 4.43. The summed E-state index contributed by atoms with van der Waals surface area (Å²) in [5.74, 6) is 0. The van der Waals surface area contributed by atoms with Gasteiger partial charge in [-0.2, -0.15) is 5.10 Å². The molecule has 1 amide bonds. The number of aromatic nitrogens is 4. The molecule has 1 aromatic carbocycles. The van der Waals surface area contributed by atoms with Gasteiger partial charge in [-0.25, -0.2) is 14.5 Å². The number of rotatable bonds is 5. The summed E-state index contributed by atoms with van der Waals surface area (Å²) in [6.07, 6.45) is 6.74. The smallest absolute Gasteiger partial charge is 0.410 e. The number of pyridine rings is 1. The van der Waals surface area contributed by atoms with Crippen molar-refractivity contribution in [1.82, 2.24) is 24.1 Å². The van der Waals surface area contributed by atoms with E-state index >= 15 is 0 Å². The SMILES string of the molecule is CC(C)(C)OC(=O)N1CC[C@@H](Nc2cccc3cnn(CCc4cn5ccccc5n4)c(=O)c23)C1. The third kappa shape index (κ3) is 4.99. The minimum Gasteiger partial charge on any atom is -0.444 e. The number of nitrogens with one attached hydrogen (secondary N) is 1. The van der Waals surface area contributed by atoms with E-state index in [4.69, 9.17) is 4.74 Å². The number of benzene rings is 1. The van der Waals surface area contributed by atoms with Crippen molar-refractivity contribution in [2.24, 2.45) is 0 Å². The molecule has 0 radical (unpaired) electrons. The molecule has 1 N–H and O–H groups in total. The molecule has 3 aromatic heterocycles. The van der Waals surface area contributed by atoms with Crippen molar-refractivity contribution >= 4 is 28.2 Å². The Balaban J connectivity index is 1.33. The van der Waals surface area contributed by atoms with Crippen molar-refractivity contribution in [3.05, 3.63) is 71.0 Å². The second-order valence-electron chi connectivity index (χ2n) is 9.95.